The lowest BCUT2D eigenvalue weighted by Gasteiger charge is -2.26. The van der Waals surface area contributed by atoms with Crippen molar-refractivity contribution in [2.45, 2.75) is 46.2 Å². The van der Waals surface area contributed by atoms with Gasteiger partial charge in [0.15, 0.2) is 5.13 Å². The standard InChI is InChI=1S/C23H26N4O2S/c1-15-4-6-21(12-24-15)29-20-7-5-18-8-9-27(16(2)10-19(18)11-20)14-22-13-25-23(30-22)26-17(3)28/h4-7,11-13,16H,8-10,14H2,1-3H3,(H,25,26,28). The van der Waals surface area contributed by atoms with Gasteiger partial charge in [-0.25, -0.2) is 4.98 Å². The molecule has 1 aliphatic heterocycles. The first-order valence-corrected chi connectivity index (χ1v) is 11.0. The van der Waals surface area contributed by atoms with E-state index in [1.54, 1.807) is 17.5 Å². The van der Waals surface area contributed by atoms with E-state index >= 15 is 0 Å². The van der Waals surface area contributed by atoms with Gasteiger partial charge in [0.25, 0.3) is 0 Å². The van der Waals surface area contributed by atoms with Gasteiger partial charge in [-0.15, -0.1) is 11.3 Å². The molecule has 3 heterocycles. The average Bonchev–Trinajstić information content (AvgIpc) is 3.07. The number of aryl methyl sites for hydroxylation is 1. The van der Waals surface area contributed by atoms with Crippen molar-refractivity contribution >= 4 is 22.4 Å². The number of benzene rings is 1. The Morgan fingerprint density at radius 1 is 1.20 bits per heavy atom. The minimum Gasteiger partial charge on any atom is -0.456 e. The summed E-state index contributed by atoms with van der Waals surface area (Å²) < 4.78 is 6.02. The summed E-state index contributed by atoms with van der Waals surface area (Å²) in [6, 6.07) is 10.7. The molecule has 4 rings (SSSR count). The Morgan fingerprint density at radius 2 is 2.03 bits per heavy atom. The molecular formula is C23H26N4O2S. The highest BCUT2D eigenvalue weighted by Crippen LogP contribution is 2.29. The number of hydrogen-bond acceptors (Lipinski definition) is 6. The summed E-state index contributed by atoms with van der Waals surface area (Å²) >= 11 is 1.54. The van der Waals surface area contributed by atoms with Crippen LogP contribution in [-0.4, -0.2) is 33.4 Å². The molecule has 1 amide bonds. The van der Waals surface area contributed by atoms with Crippen LogP contribution in [0.2, 0.25) is 0 Å². The lowest BCUT2D eigenvalue weighted by molar-refractivity contribution is -0.114. The van der Waals surface area contributed by atoms with E-state index in [1.165, 1.54) is 18.1 Å². The highest BCUT2D eigenvalue weighted by molar-refractivity contribution is 7.15. The summed E-state index contributed by atoms with van der Waals surface area (Å²) in [4.78, 5) is 23.5. The third-order valence-electron chi connectivity index (χ3n) is 5.30. The van der Waals surface area contributed by atoms with Crippen molar-refractivity contribution in [1.82, 2.24) is 14.9 Å². The maximum atomic E-state index is 11.2. The number of fused-ring (bicyclic) bond motifs is 1. The molecule has 0 saturated carbocycles. The Bertz CT molecular complexity index is 1030. The quantitative estimate of drug-likeness (QED) is 0.652. The van der Waals surface area contributed by atoms with Crippen molar-refractivity contribution in [2.75, 3.05) is 11.9 Å². The number of ether oxygens (including phenoxy) is 1. The van der Waals surface area contributed by atoms with Crippen LogP contribution < -0.4 is 10.1 Å². The fourth-order valence-electron chi connectivity index (χ4n) is 3.71. The van der Waals surface area contributed by atoms with E-state index in [1.807, 2.05) is 31.3 Å². The fraction of sp³-hybridized carbons (Fsp3) is 0.348. The number of thiazole rings is 1. The Labute approximate surface area is 180 Å². The van der Waals surface area contributed by atoms with Gasteiger partial charge in [0, 0.05) is 42.8 Å². The third-order valence-corrected chi connectivity index (χ3v) is 6.20. The lowest BCUT2D eigenvalue weighted by Crippen LogP contribution is -2.33. The highest BCUT2D eigenvalue weighted by Gasteiger charge is 2.22. The Morgan fingerprint density at radius 3 is 2.80 bits per heavy atom. The zero-order valence-electron chi connectivity index (χ0n) is 17.5. The van der Waals surface area contributed by atoms with Crippen LogP contribution in [-0.2, 0) is 24.2 Å². The molecule has 30 heavy (non-hydrogen) atoms. The van der Waals surface area contributed by atoms with Gasteiger partial charge in [-0.05, 0) is 62.1 Å². The van der Waals surface area contributed by atoms with Crippen LogP contribution in [0.4, 0.5) is 5.13 Å². The molecule has 0 aliphatic carbocycles. The van der Waals surface area contributed by atoms with Crippen LogP contribution in [0.3, 0.4) is 0 Å². The van der Waals surface area contributed by atoms with Crippen LogP contribution in [0.15, 0.2) is 42.7 Å². The number of carbonyl (C=O) groups excluding carboxylic acids is 1. The summed E-state index contributed by atoms with van der Waals surface area (Å²) in [6.07, 6.45) is 5.59. The number of carbonyl (C=O) groups is 1. The maximum Gasteiger partial charge on any atom is 0.223 e. The van der Waals surface area contributed by atoms with Gasteiger partial charge in [-0.3, -0.25) is 14.7 Å². The number of amides is 1. The third kappa shape index (κ3) is 5.04. The first-order chi connectivity index (χ1) is 14.5. The first-order valence-electron chi connectivity index (χ1n) is 10.1. The molecule has 0 fully saturated rings. The van der Waals surface area contributed by atoms with E-state index in [0.29, 0.717) is 11.2 Å². The van der Waals surface area contributed by atoms with Crippen molar-refractivity contribution < 1.29 is 9.53 Å². The second-order valence-electron chi connectivity index (χ2n) is 7.75. The molecule has 1 aromatic carbocycles. The molecular weight excluding hydrogens is 396 g/mol. The van der Waals surface area contributed by atoms with Crippen LogP contribution in [0.1, 0.15) is 35.5 Å². The number of rotatable bonds is 5. The predicted octanol–water partition coefficient (Wildman–Crippen LogP) is 4.59. The summed E-state index contributed by atoms with van der Waals surface area (Å²) in [6.45, 7) is 7.56. The summed E-state index contributed by atoms with van der Waals surface area (Å²) in [5.41, 5.74) is 3.69. The van der Waals surface area contributed by atoms with E-state index in [9.17, 15) is 4.79 Å². The number of hydrogen-bond donors (Lipinski definition) is 1. The number of nitrogens with one attached hydrogen (secondary N) is 1. The molecule has 0 radical (unpaired) electrons. The normalized spacial score (nSPS) is 16.6. The molecule has 3 aromatic rings. The van der Waals surface area contributed by atoms with E-state index in [-0.39, 0.29) is 5.91 Å². The van der Waals surface area contributed by atoms with E-state index < -0.39 is 0 Å². The Kier molecular flexibility index (Phi) is 6.11. The minimum absolute atomic E-state index is 0.0890. The van der Waals surface area contributed by atoms with Crippen LogP contribution in [0.5, 0.6) is 11.5 Å². The maximum absolute atomic E-state index is 11.2. The van der Waals surface area contributed by atoms with Crippen molar-refractivity contribution in [3.05, 3.63) is 64.4 Å². The van der Waals surface area contributed by atoms with Crippen molar-refractivity contribution in [3.8, 4) is 11.5 Å². The van der Waals surface area contributed by atoms with Gasteiger partial charge in [-0.1, -0.05) is 6.07 Å². The number of nitrogens with zero attached hydrogens (tertiary/aromatic N) is 3. The van der Waals surface area contributed by atoms with Crippen molar-refractivity contribution in [3.63, 3.8) is 0 Å². The van der Waals surface area contributed by atoms with Gasteiger partial charge in [0.2, 0.25) is 5.91 Å². The molecule has 1 aliphatic rings. The summed E-state index contributed by atoms with van der Waals surface area (Å²) in [5, 5.41) is 3.42. The second-order valence-corrected chi connectivity index (χ2v) is 8.87. The smallest absolute Gasteiger partial charge is 0.223 e. The molecule has 1 atom stereocenters. The lowest BCUT2D eigenvalue weighted by atomic mass is 10.0. The fourth-order valence-corrected chi connectivity index (χ4v) is 4.59. The Balaban J connectivity index is 1.44. The largest absolute Gasteiger partial charge is 0.456 e. The second kappa shape index (κ2) is 8.93. The van der Waals surface area contributed by atoms with Crippen LogP contribution >= 0.6 is 11.3 Å². The van der Waals surface area contributed by atoms with Gasteiger partial charge in [0.05, 0.1) is 6.20 Å². The van der Waals surface area contributed by atoms with E-state index in [4.69, 9.17) is 4.74 Å². The zero-order valence-corrected chi connectivity index (χ0v) is 18.3. The van der Waals surface area contributed by atoms with Gasteiger partial charge < -0.3 is 10.1 Å². The van der Waals surface area contributed by atoms with Crippen molar-refractivity contribution in [2.24, 2.45) is 0 Å². The number of pyridine rings is 1. The van der Waals surface area contributed by atoms with Gasteiger partial charge in [-0.2, -0.15) is 0 Å². The van der Waals surface area contributed by atoms with Gasteiger partial charge in [0.1, 0.15) is 11.5 Å². The number of aromatic nitrogens is 2. The summed E-state index contributed by atoms with van der Waals surface area (Å²) in [7, 11) is 0. The zero-order chi connectivity index (χ0) is 21.1. The van der Waals surface area contributed by atoms with Gasteiger partial charge >= 0.3 is 0 Å². The molecule has 2 aromatic heterocycles. The topological polar surface area (TPSA) is 67.4 Å². The summed E-state index contributed by atoms with van der Waals surface area (Å²) in [5.74, 6) is 1.51. The monoisotopic (exact) mass is 422 g/mol. The highest BCUT2D eigenvalue weighted by atomic mass is 32.1. The molecule has 156 valence electrons. The predicted molar refractivity (Wildman–Crippen MR) is 119 cm³/mol. The molecule has 0 saturated heterocycles. The van der Waals surface area contributed by atoms with Crippen molar-refractivity contribution in [1.29, 1.82) is 0 Å². The Hall–Kier alpha value is -2.77. The van der Waals surface area contributed by atoms with E-state index in [0.717, 1.165) is 48.0 Å². The molecule has 1 unspecified atom stereocenters. The average molecular weight is 423 g/mol. The molecule has 7 heteroatoms. The van der Waals surface area contributed by atoms with Crippen LogP contribution in [0.25, 0.3) is 0 Å². The minimum atomic E-state index is -0.0890. The van der Waals surface area contributed by atoms with Crippen LogP contribution in [0, 0.1) is 6.92 Å². The molecule has 6 nitrogen and oxygen atoms in total. The molecule has 0 bridgehead atoms. The molecule has 1 N–H and O–H groups in total. The SMILES string of the molecule is CC(=O)Nc1ncc(CN2CCc3ccc(Oc4ccc(C)nc4)cc3CC2C)s1. The van der Waals surface area contributed by atoms with E-state index in [2.05, 4.69) is 39.2 Å². The number of anilines is 1. The first kappa shape index (κ1) is 20.5. The molecule has 0 spiro atoms.